The Balaban J connectivity index is 1.61. The maximum absolute atomic E-state index is 11.5. The normalized spacial score (nSPS) is 42.7. The van der Waals surface area contributed by atoms with Gasteiger partial charge in [0.05, 0.1) is 12.8 Å². The average Bonchev–Trinajstić information content (AvgIpc) is 2.65. The number of fused-ring (bicyclic) bond motifs is 5. The second kappa shape index (κ2) is 7.51. The molecular weight excluding hydrogens is 378 g/mol. The van der Waals surface area contributed by atoms with Crippen LogP contribution in [-0.4, -0.2) is 36.7 Å². The molecule has 6 atom stereocenters. The SMILES string of the molecule is CC(=O)OC[C@@]1(C)CCC[C@@]2(C)C1CC[C@@]1(C)C3=CC[NH+](CC(=O)O)C=C3CCC21. The van der Waals surface area contributed by atoms with Crippen molar-refractivity contribution in [2.75, 3.05) is 19.7 Å². The number of quaternary nitrogens is 1. The van der Waals surface area contributed by atoms with E-state index in [0.29, 0.717) is 18.4 Å². The van der Waals surface area contributed by atoms with Gasteiger partial charge in [0.15, 0.2) is 6.54 Å². The van der Waals surface area contributed by atoms with E-state index >= 15 is 0 Å². The summed E-state index contributed by atoms with van der Waals surface area (Å²) in [7, 11) is 0. The van der Waals surface area contributed by atoms with E-state index in [0.717, 1.165) is 24.3 Å². The van der Waals surface area contributed by atoms with Gasteiger partial charge in [-0.2, -0.15) is 0 Å². The Morgan fingerprint density at radius 3 is 2.63 bits per heavy atom. The Hall–Kier alpha value is -1.62. The fraction of sp³-hybridized carbons (Fsp3) is 0.760. The monoisotopic (exact) mass is 416 g/mol. The minimum atomic E-state index is -0.735. The van der Waals surface area contributed by atoms with Crippen molar-refractivity contribution in [3.63, 3.8) is 0 Å². The standard InChI is InChI=1S/C25H37NO4/c1-17(27)30-16-23(2)10-5-11-25(4)20(23)8-12-24(3)19-9-13-26(15-22(28)29)14-18(19)6-7-21(24)25/h9,14,20-21H,5-8,10-13,15-16H2,1-4H3,(H,28,29)/p+1/t20?,21?,23-,24+,25+/m1/s1. The molecule has 2 N–H and O–H groups in total. The van der Waals surface area contributed by atoms with Crippen LogP contribution in [0.5, 0.6) is 0 Å². The van der Waals surface area contributed by atoms with Gasteiger partial charge in [0.2, 0.25) is 0 Å². The lowest BCUT2D eigenvalue weighted by atomic mass is 9.40. The molecule has 0 spiro atoms. The number of hydrogen-bond donors (Lipinski definition) is 2. The number of carboxylic acid groups (broad SMARTS) is 1. The summed E-state index contributed by atoms with van der Waals surface area (Å²) < 4.78 is 5.56. The predicted molar refractivity (Wildman–Crippen MR) is 115 cm³/mol. The molecule has 4 aliphatic rings. The third-order valence-electron chi connectivity index (χ3n) is 9.21. The molecule has 3 aliphatic carbocycles. The number of carbonyl (C=O) groups excluding carboxylic acids is 1. The molecule has 1 aliphatic heterocycles. The first-order chi connectivity index (χ1) is 14.1. The van der Waals surface area contributed by atoms with E-state index in [1.165, 1.54) is 50.2 Å². The fourth-order valence-electron chi connectivity index (χ4n) is 8.04. The minimum absolute atomic E-state index is 0.0689. The van der Waals surface area contributed by atoms with Crippen molar-refractivity contribution in [1.29, 1.82) is 0 Å². The molecule has 0 aromatic rings. The number of carboxylic acids is 1. The predicted octanol–water partition coefficient (Wildman–Crippen LogP) is 3.37. The molecule has 5 nitrogen and oxygen atoms in total. The van der Waals surface area contributed by atoms with Gasteiger partial charge in [-0.15, -0.1) is 0 Å². The topological polar surface area (TPSA) is 68.0 Å². The number of ether oxygens (including phenoxy) is 1. The molecule has 4 rings (SSSR count). The van der Waals surface area contributed by atoms with Gasteiger partial charge in [-0.25, -0.2) is 4.79 Å². The maximum Gasteiger partial charge on any atom is 0.359 e. The number of rotatable bonds is 4. The summed E-state index contributed by atoms with van der Waals surface area (Å²) in [4.78, 5) is 23.7. The second-order valence-electron chi connectivity index (χ2n) is 11.1. The van der Waals surface area contributed by atoms with Crippen molar-refractivity contribution in [1.82, 2.24) is 0 Å². The molecule has 0 aromatic carbocycles. The highest BCUT2D eigenvalue weighted by Crippen LogP contribution is 2.69. The quantitative estimate of drug-likeness (QED) is 0.690. The van der Waals surface area contributed by atoms with E-state index in [2.05, 4.69) is 33.0 Å². The number of allylic oxidation sites excluding steroid dienone is 2. The summed E-state index contributed by atoms with van der Waals surface area (Å²) in [5, 5.41) is 9.19. The van der Waals surface area contributed by atoms with Crippen molar-refractivity contribution in [3.8, 4) is 0 Å². The third-order valence-corrected chi connectivity index (χ3v) is 9.21. The van der Waals surface area contributed by atoms with Crippen LogP contribution >= 0.6 is 0 Å². The van der Waals surface area contributed by atoms with Gasteiger partial charge >= 0.3 is 11.9 Å². The molecular formula is C25H38NO4+. The molecule has 0 bridgehead atoms. The van der Waals surface area contributed by atoms with Crippen LogP contribution in [0.1, 0.15) is 72.6 Å². The summed E-state index contributed by atoms with van der Waals surface area (Å²) in [6.45, 7) is 10.3. The zero-order valence-corrected chi connectivity index (χ0v) is 19.1. The van der Waals surface area contributed by atoms with Gasteiger partial charge in [0, 0.05) is 17.9 Å². The van der Waals surface area contributed by atoms with Crippen LogP contribution in [0.2, 0.25) is 0 Å². The molecule has 1 heterocycles. The van der Waals surface area contributed by atoms with Crippen molar-refractivity contribution < 1.29 is 24.3 Å². The molecule has 3 unspecified atom stereocenters. The summed E-state index contributed by atoms with van der Waals surface area (Å²) in [5.41, 5.74) is 3.39. The number of carbonyl (C=O) groups is 2. The summed E-state index contributed by atoms with van der Waals surface area (Å²) in [5.74, 6) is 0.309. The Kier molecular flexibility index (Phi) is 5.41. The number of esters is 1. The fourth-order valence-corrected chi connectivity index (χ4v) is 8.04. The molecule has 166 valence electrons. The van der Waals surface area contributed by atoms with E-state index in [4.69, 9.17) is 4.74 Å². The molecule has 5 heteroatoms. The number of aliphatic carboxylic acids is 1. The highest BCUT2D eigenvalue weighted by Gasteiger charge is 2.61. The first-order valence-electron chi connectivity index (χ1n) is 11.7. The Labute approximate surface area is 180 Å². The van der Waals surface area contributed by atoms with Crippen LogP contribution in [0.4, 0.5) is 0 Å². The van der Waals surface area contributed by atoms with E-state index in [-0.39, 0.29) is 28.8 Å². The highest BCUT2D eigenvalue weighted by atomic mass is 16.5. The van der Waals surface area contributed by atoms with Gasteiger partial charge < -0.3 is 9.84 Å². The van der Waals surface area contributed by atoms with E-state index in [1.54, 1.807) is 0 Å². The van der Waals surface area contributed by atoms with Crippen molar-refractivity contribution in [2.24, 2.45) is 28.1 Å². The van der Waals surface area contributed by atoms with E-state index < -0.39 is 5.97 Å². The minimum Gasteiger partial charge on any atom is -0.477 e. The van der Waals surface area contributed by atoms with E-state index in [1.807, 2.05) is 0 Å². The van der Waals surface area contributed by atoms with Crippen LogP contribution in [-0.2, 0) is 14.3 Å². The van der Waals surface area contributed by atoms with Crippen LogP contribution < -0.4 is 4.90 Å². The van der Waals surface area contributed by atoms with Crippen LogP contribution in [0.25, 0.3) is 0 Å². The first kappa shape index (κ1) is 21.6. The highest BCUT2D eigenvalue weighted by molar-refractivity contribution is 5.67. The van der Waals surface area contributed by atoms with Crippen molar-refractivity contribution >= 4 is 11.9 Å². The molecule has 30 heavy (non-hydrogen) atoms. The second-order valence-corrected chi connectivity index (χ2v) is 11.1. The van der Waals surface area contributed by atoms with Gasteiger partial charge in [-0.3, -0.25) is 9.69 Å². The Morgan fingerprint density at radius 1 is 1.17 bits per heavy atom. The molecule has 3 fully saturated rings. The number of nitrogens with one attached hydrogen (secondary N) is 1. The first-order valence-corrected chi connectivity index (χ1v) is 11.7. The molecule has 3 saturated carbocycles. The smallest absolute Gasteiger partial charge is 0.359 e. The van der Waals surface area contributed by atoms with Crippen LogP contribution in [0, 0.1) is 28.1 Å². The van der Waals surface area contributed by atoms with Crippen molar-refractivity contribution in [3.05, 3.63) is 23.4 Å². The van der Waals surface area contributed by atoms with Crippen LogP contribution in [0.15, 0.2) is 23.4 Å². The van der Waals surface area contributed by atoms with Gasteiger partial charge in [-0.05, 0) is 72.8 Å². The Morgan fingerprint density at radius 2 is 1.93 bits per heavy atom. The summed E-state index contributed by atoms with van der Waals surface area (Å²) in [6, 6.07) is 0. The van der Waals surface area contributed by atoms with Crippen LogP contribution in [0.3, 0.4) is 0 Å². The lowest BCUT2D eigenvalue weighted by Gasteiger charge is -2.65. The lowest BCUT2D eigenvalue weighted by molar-refractivity contribution is -0.833. The van der Waals surface area contributed by atoms with E-state index in [9.17, 15) is 14.7 Å². The lowest BCUT2D eigenvalue weighted by Crippen LogP contribution is -3.09. The van der Waals surface area contributed by atoms with Crippen molar-refractivity contribution in [2.45, 2.75) is 72.6 Å². The van der Waals surface area contributed by atoms with Gasteiger partial charge in [0.25, 0.3) is 0 Å². The summed E-state index contributed by atoms with van der Waals surface area (Å²) in [6.07, 6.45) is 12.7. The van der Waals surface area contributed by atoms with Gasteiger partial charge in [0.1, 0.15) is 6.54 Å². The molecule has 0 amide bonds. The third kappa shape index (κ3) is 3.43. The number of hydrogen-bond acceptors (Lipinski definition) is 3. The summed E-state index contributed by atoms with van der Waals surface area (Å²) >= 11 is 0. The van der Waals surface area contributed by atoms with Gasteiger partial charge in [-0.1, -0.05) is 27.2 Å². The zero-order valence-electron chi connectivity index (χ0n) is 19.1. The molecule has 0 aromatic heterocycles. The zero-order chi connectivity index (χ0) is 21.7. The molecule has 0 saturated heterocycles. The Bertz CT molecular complexity index is 801. The average molecular weight is 417 g/mol. The molecule has 0 radical (unpaired) electrons. The maximum atomic E-state index is 11.5. The largest absolute Gasteiger partial charge is 0.477 e.